The molecule has 128 valence electrons. The van der Waals surface area contributed by atoms with Gasteiger partial charge in [0.05, 0.1) is 7.11 Å². The average molecular weight is 320 g/mol. The van der Waals surface area contributed by atoms with E-state index in [9.17, 15) is 4.79 Å². The fourth-order valence-corrected chi connectivity index (χ4v) is 2.83. The number of ether oxygens (including phenoxy) is 2. The Kier molecular flexibility index (Phi) is 6.71. The zero-order valence-electron chi connectivity index (χ0n) is 14.4. The number of rotatable bonds is 7. The first-order chi connectivity index (χ1) is 11.1. The summed E-state index contributed by atoms with van der Waals surface area (Å²) in [6.45, 7) is 4.81. The van der Waals surface area contributed by atoms with Gasteiger partial charge in [-0.05, 0) is 64.4 Å². The molecule has 1 saturated heterocycles. The van der Waals surface area contributed by atoms with Gasteiger partial charge in [0.25, 0.3) is 5.91 Å². The van der Waals surface area contributed by atoms with E-state index in [-0.39, 0.29) is 5.91 Å². The molecule has 23 heavy (non-hydrogen) atoms. The van der Waals surface area contributed by atoms with Gasteiger partial charge in [0, 0.05) is 12.6 Å². The zero-order chi connectivity index (χ0) is 16.7. The Balaban J connectivity index is 1.70. The normalized spacial score (nSPS) is 17.5. The first-order valence-corrected chi connectivity index (χ1v) is 8.35. The highest BCUT2D eigenvalue weighted by Gasteiger charge is 2.18. The summed E-state index contributed by atoms with van der Waals surface area (Å²) in [4.78, 5) is 14.5. The largest absolute Gasteiger partial charge is 0.497 e. The van der Waals surface area contributed by atoms with Crippen LogP contribution in [-0.4, -0.2) is 50.7 Å². The van der Waals surface area contributed by atoms with E-state index in [0.717, 1.165) is 37.7 Å². The molecule has 1 aromatic rings. The van der Waals surface area contributed by atoms with Crippen molar-refractivity contribution >= 4 is 5.91 Å². The molecule has 1 aromatic carbocycles. The van der Waals surface area contributed by atoms with Crippen LogP contribution >= 0.6 is 0 Å². The molecular formula is C18H28N2O3. The molecule has 1 N–H and O–H groups in total. The van der Waals surface area contributed by atoms with E-state index in [1.165, 1.54) is 12.8 Å². The maximum Gasteiger partial charge on any atom is 0.260 e. The van der Waals surface area contributed by atoms with Gasteiger partial charge in [-0.25, -0.2) is 0 Å². The van der Waals surface area contributed by atoms with Crippen molar-refractivity contribution in [2.45, 2.75) is 32.3 Å². The van der Waals surface area contributed by atoms with Gasteiger partial charge in [-0.15, -0.1) is 0 Å². The smallest absolute Gasteiger partial charge is 0.260 e. The summed E-state index contributed by atoms with van der Waals surface area (Å²) < 4.78 is 10.8. The van der Waals surface area contributed by atoms with Gasteiger partial charge >= 0.3 is 0 Å². The molecule has 0 radical (unpaired) electrons. The lowest BCUT2D eigenvalue weighted by atomic mass is 9.94. The molecule has 0 spiro atoms. The number of methoxy groups -OCH3 is 1. The van der Waals surface area contributed by atoms with Crippen LogP contribution in [0.15, 0.2) is 24.3 Å². The van der Waals surface area contributed by atoms with Crippen LogP contribution < -0.4 is 14.8 Å². The third kappa shape index (κ3) is 5.75. The fourth-order valence-electron chi connectivity index (χ4n) is 2.83. The molecular weight excluding hydrogens is 292 g/mol. The predicted molar refractivity (Wildman–Crippen MR) is 90.9 cm³/mol. The summed E-state index contributed by atoms with van der Waals surface area (Å²) in [5, 5.41) is 2.98. The molecule has 1 amide bonds. The van der Waals surface area contributed by atoms with Crippen molar-refractivity contribution in [3.63, 3.8) is 0 Å². The highest BCUT2D eigenvalue weighted by Crippen LogP contribution is 2.20. The van der Waals surface area contributed by atoms with Crippen LogP contribution in [0.25, 0.3) is 0 Å². The third-order valence-electron chi connectivity index (χ3n) is 4.41. The van der Waals surface area contributed by atoms with E-state index in [0.29, 0.717) is 5.75 Å². The van der Waals surface area contributed by atoms with Crippen LogP contribution in [0.5, 0.6) is 11.5 Å². The van der Waals surface area contributed by atoms with Crippen LogP contribution in [0.2, 0.25) is 0 Å². The molecule has 5 nitrogen and oxygen atoms in total. The van der Waals surface area contributed by atoms with E-state index in [1.807, 2.05) is 18.2 Å². The molecule has 1 aliphatic rings. The molecule has 0 aliphatic carbocycles. The highest BCUT2D eigenvalue weighted by atomic mass is 16.5. The molecule has 5 heteroatoms. The topological polar surface area (TPSA) is 50.8 Å². The summed E-state index contributed by atoms with van der Waals surface area (Å²) in [7, 11) is 3.77. The van der Waals surface area contributed by atoms with Gasteiger partial charge < -0.3 is 19.7 Å². The lowest BCUT2D eigenvalue weighted by Gasteiger charge is -2.29. The Morgan fingerprint density at radius 1 is 1.35 bits per heavy atom. The van der Waals surface area contributed by atoms with Gasteiger partial charge in [-0.3, -0.25) is 4.79 Å². The number of nitrogens with one attached hydrogen (secondary N) is 1. The van der Waals surface area contributed by atoms with Crippen molar-refractivity contribution < 1.29 is 14.3 Å². The quantitative estimate of drug-likeness (QED) is 0.837. The SMILES string of the molecule is COc1cccc(O[C@H](C)C(=O)NCCC2CCN(C)CC2)c1. The Morgan fingerprint density at radius 2 is 2.04 bits per heavy atom. The van der Waals surface area contributed by atoms with E-state index < -0.39 is 6.10 Å². The second-order valence-corrected chi connectivity index (χ2v) is 6.27. The van der Waals surface area contributed by atoms with Crippen LogP contribution in [0.3, 0.4) is 0 Å². The third-order valence-corrected chi connectivity index (χ3v) is 4.41. The summed E-state index contributed by atoms with van der Waals surface area (Å²) in [5.74, 6) is 2.02. The number of carbonyl (C=O) groups excluding carboxylic acids is 1. The van der Waals surface area contributed by atoms with Crippen molar-refractivity contribution in [3.05, 3.63) is 24.3 Å². The van der Waals surface area contributed by atoms with Gasteiger partial charge in [0.1, 0.15) is 11.5 Å². The van der Waals surface area contributed by atoms with Crippen LogP contribution in [-0.2, 0) is 4.79 Å². The first kappa shape index (κ1) is 17.6. The number of benzene rings is 1. The summed E-state index contributed by atoms with van der Waals surface area (Å²) >= 11 is 0. The zero-order valence-corrected chi connectivity index (χ0v) is 14.4. The van der Waals surface area contributed by atoms with Crippen LogP contribution in [0.4, 0.5) is 0 Å². The number of carbonyl (C=O) groups is 1. The van der Waals surface area contributed by atoms with Crippen molar-refractivity contribution in [2.24, 2.45) is 5.92 Å². The maximum atomic E-state index is 12.1. The minimum atomic E-state index is -0.514. The second kappa shape index (κ2) is 8.77. The number of likely N-dealkylation sites (tertiary alicyclic amines) is 1. The Morgan fingerprint density at radius 3 is 2.74 bits per heavy atom. The Bertz CT molecular complexity index is 499. The van der Waals surface area contributed by atoms with E-state index >= 15 is 0 Å². The number of hydrogen-bond acceptors (Lipinski definition) is 4. The van der Waals surface area contributed by atoms with Gasteiger partial charge in [0.2, 0.25) is 0 Å². The van der Waals surface area contributed by atoms with E-state index in [1.54, 1.807) is 20.1 Å². The van der Waals surface area contributed by atoms with Gasteiger partial charge in [-0.1, -0.05) is 6.07 Å². The maximum absolute atomic E-state index is 12.1. The van der Waals surface area contributed by atoms with Crippen molar-refractivity contribution in [3.8, 4) is 11.5 Å². The summed E-state index contributed by atoms with van der Waals surface area (Å²) in [6.07, 6.45) is 2.98. The predicted octanol–water partition coefficient (Wildman–Crippen LogP) is 2.31. The minimum absolute atomic E-state index is 0.0688. The average Bonchev–Trinajstić information content (AvgIpc) is 2.56. The Labute approximate surface area is 139 Å². The first-order valence-electron chi connectivity index (χ1n) is 8.35. The lowest BCUT2D eigenvalue weighted by Crippen LogP contribution is -2.38. The van der Waals surface area contributed by atoms with Crippen LogP contribution in [0, 0.1) is 5.92 Å². The fraction of sp³-hybridized carbons (Fsp3) is 0.611. The molecule has 0 aromatic heterocycles. The number of piperidine rings is 1. The van der Waals surface area contributed by atoms with Crippen molar-refractivity contribution in [2.75, 3.05) is 33.8 Å². The molecule has 2 rings (SSSR count). The second-order valence-electron chi connectivity index (χ2n) is 6.27. The van der Waals surface area contributed by atoms with Gasteiger partial charge in [-0.2, -0.15) is 0 Å². The molecule has 0 saturated carbocycles. The summed E-state index contributed by atoms with van der Waals surface area (Å²) in [6, 6.07) is 7.30. The standard InChI is InChI=1S/C18H28N2O3/c1-14(23-17-6-4-5-16(13-17)22-3)18(21)19-10-7-15-8-11-20(2)12-9-15/h4-6,13-15H,7-12H2,1-3H3,(H,19,21)/t14-/m1/s1. The molecule has 1 fully saturated rings. The lowest BCUT2D eigenvalue weighted by molar-refractivity contribution is -0.127. The molecule has 1 heterocycles. The monoisotopic (exact) mass is 320 g/mol. The minimum Gasteiger partial charge on any atom is -0.497 e. The summed E-state index contributed by atoms with van der Waals surface area (Å²) in [5.41, 5.74) is 0. The van der Waals surface area contributed by atoms with E-state index in [2.05, 4.69) is 17.3 Å². The number of hydrogen-bond donors (Lipinski definition) is 1. The van der Waals surface area contributed by atoms with Crippen molar-refractivity contribution in [1.29, 1.82) is 0 Å². The molecule has 1 aliphatic heterocycles. The molecule has 1 atom stereocenters. The molecule has 0 bridgehead atoms. The van der Waals surface area contributed by atoms with Gasteiger partial charge in [0.15, 0.2) is 6.10 Å². The Hall–Kier alpha value is -1.75. The number of amides is 1. The van der Waals surface area contributed by atoms with E-state index in [4.69, 9.17) is 9.47 Å². The highest BCUT2D eigenvalue weighted by molar-refractivity contribution is 5.80. The number of nitrogens with zero attached hydrogens (tertiary/aromatic N) is 1. The van der Waals surface area contributed by atoms with Crippen molar-refractivity contribution in [1.82, 2.24) is 10.2 Å². The molecule has 0 unspecified atom stereocenters. The van der Waals surface area contributed by atoms with Crippen LogP contribution in [0.1, 0.15) is 26.2 Å².